The number of benzene rings is 3. The summed E-state index contributed by atoms with van der Waals surface area (Å²) in [7, 11) is 5.57. The Morgan fingerprint density at radius 1 is 1.06 bits per heavy atom. The van der Waals surface area contributed by atoms with Crippen LogP contribution in [0.4, 0.5) is 5.69 Å². The highest BCUT2D eigenvalue weighted by Crippen LogP contribution is 2.47. The van der Waals surface area contributed by atoms with Crippen LogP contribution in [0, 0.1) is 0 Å². The van der Waals surface area contributed by atoms with Crippen LogP contribution >= 0.6 is 24.2 Å². The van der Waals surface area contributed by atoms with Gasteiger partial charge in [-0.3, -0.25) is 9.59 Å². The second-order valence-corrected chi connectivity index (χ2v) is 9.45. The van der Waals surface area contributed by atoms with Crippen LogP contribution in [0.3, 0.4) is 0 Å². The van der Waals surface area contributed by atoms with Gasteiger partial charge in [-0.1, -0.05) is 36.4 Å². The number of esters is 1. The van der Waals surface area contributed by atoms with Gasteiger partial charge in [0.2, 0.25) is 0 Å². The number of hydrogen-bond acceptors (Lipinski definition) is 6. The van der Waals surface area contributed by atoms with Gasteiger partial charge in [-0.2, -0.15) is 0 Å². The van der Waals surface area contributed by atoms with Crippen LogP contribution < -0.4 is 9.64 Å². The molecule has 0 bridgehead atoms. The maximum atomic E-state index is 14.0. The molecule has 2 atom stereocenters. The molecular weight excluding hydrogens is 472 g/mol. The molecule has 0 fully saturated rings. The Bertz CT molecular complexity index is 1160. The lowest BCUT2D eigenvalue weighted by molar-refractivity contribution is -0.152. The number of rotatable bonds is 6. The molecule has 1 aliphatic heterocycles. The normalized spacial score (nSPS) is 17.7. The summed E-state index contributed by atoms with van der Waals surface area (Å²) in [4.78, 5) is 31.0. The number of ether oxygens (including phenoxy) is 2. The zero-order chi connectivity index (χ0) is 23.5. The first-order valence-electron chi connectivity index (χ1n) is 10.8. The van der Waals surface area contributed by atoms with E-state index in [0.29, 0.717) is 13.1 Å². The molecule has 0 spiro atoms. The van der Waals surface area contributed by atoms with Crippen LogP contribution in [-0.2, 0) is 14.3 Å². The molecule has 0 saturated heterocycles. The van der Waals surface area contributed by atoms with E-state index >= 15 is 0 Å². The van der Waals surface area contributed by atoms with E-state index in [4.69, 9.17) is 9.47 Å². The minimum atomic E-state index is -0.966. The Morgan fingerprint density at radius 2 is 1.74 bits per heavy atom. The number of methoxy groups -OCH3 is 1. The zero-order valence-electron chi connectivity index (χ0n) is 19.7. The average Bonchev–Trinajstić information content (AvgIpc) is 2.80. The van der Waals surface area contributed by atoms with Gasteiger partial charge in [0.05, 0.1) is 18.0 Å². The number of likely N-dealkylation sites (N-methyl/N-ethyl adjacent to an activating group) is 1. The van der Waals surface area contributed by atoms with Gasteiger partial charge in [-0.15, -0.1) is 24.2 Å². The van der Waals surface area contributed by atoms with Gasteiger partial charge in [0.25, 0.3) is 5.91 Å². The summed E-state index contributed by atoms with van der Waals surface area (Å²) in [5, 5.41) is 1.70. The van der Waals surface area contributed by atoms with Gasteiger partial charge in [0.15, 0.2) is 6.10 Å². The molecule has 1 aliphatic rings. The Hall–Kier alpha value is -2.74. The molecule has 0 aromatic heterocycles. The van der Waals surface area contributed by atoms with Crippen molar-refractivity contribution in [1.29, 1.82) is 0 Å². The maximum Gasteiger partial charge on any atom is 0.303 e. The second-order valence-electron chi connectivity index (χ2n) is 8.27. The fraction of sp³-hybridized carbons (Fsp3) is 0.308. The Labute approximate surface area is 210 Å². The van der Waals surface area contributed by atoms with Crippen molar-refractivity contribution < 1.29 is 19.1 Å². The predicted octanol–water partition coefficient (Wildman–Crippen LogP) is 4.94. The molecule has 1 amide bonds. The van der Waals surface area contributed by atoms with Crippen LogP contribution in [0.25, 0.3) is 10.8 Å². The number of nitrogens with zero attached hydrogens (tertiary/aromatic N) is 2. The minimum Gasteiger partial charge on any atom is -0.497 e. The van der Waals surface area contributed by atoms with Crippen LogP contribution in [0.2, 0.25) is 0 Å². The van der Waals surface area contributed by atoms with Crippen molar-refractivity contribution in [1.82, 2.24) is 4.90 Å². The monoisotopic (exact) mass is 500 g/mol. The first-order chi connectivity index (χ1) is 15.9. The largest absolute Gasteiger partial charge is 0.497 e. The number of anilines is 1. The zero-order valence-corrected chi connectivity index (χ0v) is 21.3. The fourth-order valence-corrected chi connectivity index (χ4v) is 5.43. The number of carbonyl (C=O) groups excluding carboxylic acids is 2. The third kappa shape index (κ3) is 5.32. The van der Waals surface area contributed by atoms with E-state index in [0.717, 1.165) is 32.7 Å². The van der Waals surface area contributed by atoms with Crippen molar-refractivity contribution in [2.75, 3.05) is 39.2 Å². The van der Waals surface area contributed by atoms with E-state index < -0.39 is 17.3 Å². The van der Waals surface area contributed by atoms with E-state index in [1.807, 2.05) is 61.5 Å². The molecule has 0 saturated carbocycles. The smallest absolute Gasteiger partial charge is 0.303 e. The quantitative estimate of drug-likeness (QED) is 0.447. The van der Waals surface area contributed by atoms with E-state index in [2.05, 4.69) is 18.2 Å². The lowest BCUT2D eigenvalue weighted by Crippen LogP contribution is -2.46. The molecule has 4 rings (SSSR count). The highest BCUT2D eigenvalue weighted by Gasteiger charge is 2.39. The summed E-state index contributed by atoms with van der Waals surface area (Å²) in [6.07, 6.45) is -0.966. The van der Waals surface area contributed by atoms with E-state index in [9.17, 15) is 9.59 Å². The van der Waals surface area contributed by atoms with Crippen LogP contribution in [-0.4, -0.2) is 57.2 Å². The Balaban J connectivity index is 0.00000324. The van der Waals surface area contributed by atoms with E-state index in [1.54, 1.807) is 23.8 Å². The van der Waals surface area contributed by atoms with Gasteiger partial charge in [-0.25, -0.2) is 0 Å². The van der Waals surface area contributed by atoms with Crippen molar-refractivity contribution in [2.45, 2.75) is 23.2 Å². The van der Waals surface area contributed by atoms with E-state index in [-0.39, 0.29) is 18.3 Å². The van der Waals surface area contributed by atoms with E-state index in [1.165, 1.54) is 6.92 Å². The molecule has 34 heavy (non-hydrogen) atoms. The summed E-state index contributed by atoms with van der Waals surface area (Å²) < 4.78 is 11.0. The van der Waals surface area contributed by atoms with Crippen molar-refractivity contribution >= 4 is 52.5 Å². The van der Waals surface area contributed by atoms with Crippen LogP contribution in [0.5, 0.6) is 5.75 Å². The first kappa shape index (κ1) is 25.9. The number of amides is 1. The number of thioether (sulfide) groups is 1. The van der Waals surface area contributed by atoms with Gasteiger partial charge in [0.1, 0.15) is 5.75 Å². The van der Waals surface area contributed by atoms with Crippen molar-refractivity contribution in [3.63, 3.8) is 0 Å². The third-order valence-electron chi connectivity index (χ3n) is 5.68. The SMILES string of the molecule is COc1ccc([C@H]2Sc3cccc4cccc(c34)N(CCN(C)C)C(=O)[C@@H]2OC(C)=O)cc1.Cl. The Morgan fingerprint density at radius 3 is 2.35 bits per heavy atom. The lowest BCUT2D eigenvalue weighted by atomic mass is 10.0. The van der Waals surface area contributed by atoms with Crippen LogP contribution in [0.15, 0.2) is 65.6 Å². The van der Waals surface area contributed by atoms with Crippen molar-refractivity contribution in [3.05, 3.63) is 66.2 Å². The number of halogens is 1. The number of carbonyl (C=O) groups is 2. The van der Waals surface area contributed by atoms with Gasteiger partial charge in [0, 0.05) is 30.3 Å². The second kappa shape index (κ2) is 11.1. The molecule has 6 nitrogen and oxygen atoms in total. The Kier molecular flexibility index (Phi) is 8.47. The standard InChI is InChI=1S/C26H28N2O4S.ClH/c1-17(29)32-24-25(19-11-13-20(31-4)14-12-19)33-22-10-6-8-18-7-5-9-21(23(18)22)28(26(24)30)16-15-27(2)3;/h5-14,24-25H,15-16H2,1-4H3;1H/t24-,25-;/m1./s1. The molecule has 0 N–H and O–H groups in total. The summed E-state index contributed by atoms with van der Waals surface area (Å²) in [6.45, 7) is 2.51. The van der Waals surface area contributed by atoms with Crippen LogP contribution in [0.1, 0.15) is 17.7 Å². The summed E-state index contributed by atoms with van der Waals surface area (Å²) in [5.74, 6) is 0.0273. The molecule has 8 heteroatoms. The lowest BCUT2D eigenvalue weighted by Gasteiger charge is -2.35. The highest BCUT2D eigenvalue weighted by atomic mass is 35.5. The summed E-state index contributed by atoms with van der Waals surface area (Å²) in [6, 6.07) is 19.7. The van der Waals surface area contributed by atoms with Crippen molar-refractivity contribution in [2.24, 2.45) is 0 Å². The van der Waals surface area contributed by atoms with Gasteiger partial charge < -0.3 is 19.3 Å². The molecule has 3 aromatic carbocycles. The third-order valence-corrected chi connectivity index (χ3v) is 7.05. The minimum absolute atomic E-state index is 0. The molecular formula is C26H29ClN2O4S. The summed E-state index contributed by atoms with van der Waals surface area (Å²) >= 11 is 1.55. The van der Waals surface area contributed by atoms with Gasteiger partial charge >= 0.3 is 5.97 Å². The predicted molar refractivity (Wildman–Crippen MR) is 139 cm³/mol. The fourth-order valence-electron chi connectivity index (χ4n) is 4.07. The highest BCUT2D eigenvalue weighted by molar-refractivity contribution is 7.99. The van der Waals surface area contributed by atoms with Crippen molar-refractivity contribution in [3.8, 4) is 5.75 Å². The van der Waals surface area contributed by atoms with Gasteiger partial charge in [-0.05, 0) is 49.3 Å². The molecule has 0 unspecified atom stereocenters. The molecule has 180 valence electrons. The number of hydrogen-bond donors (Lipinski definition) is 0. The topological polar surface area (TPSA) is 59.1 Å². The molecule has 0 aliphatic carbocycles. The average molecular weight is 501 g/mol. The first-order valence-corrected chi connectivity index (χ1v) is 11.7. The molecule has 3 aromatic rings. The molecule has 0 radical (unpaired) electrons. The molecule has 1 heterocycles. The summed E-state index contributed by atoms with van der Waals surface area (Å²) in [5.41, 5.74) is 1.73. The maximum absolute atomic E-state index is 14.0.